The van der Waals surface area contributed by atoms with E-state index in [1.807, 2.05) is 25.1 Å². The minimum Gasteiger partial charge on any atom is -0.461 e. The van der Waals surface area contributed by atoms with Crippen LogP contribution < -0.4 is 0 Å². The molecule has 0 radical (unpaired) electrons. The van der Waals surface area contributed by atoms with Crippen LogP contribution in [0.2, 0.25) is 0 Å². The zero-order chi connectivity index (χ0) is 12.8. The standard InChI is InChI=1S/C14H15BrO2/c1-4-5-11(3)17-14(16)9-12-6-7-13(15)8-10(12)2/h1,6-8,11H,5,9H2,2-3H3/t11-/m0/s1. The van der Waals surface area contributed by atoms with Crippen molar-refractivity contribution >= 4 is 21.9 Å². The number of ether oxygens (including phenoxy) is 1. The largest absolute Gasteiger partial charge is 0.461 e. The molecule has 0 aliphatic carbocycles. The maximum Gasteiger partial charge on any atom is 0.310 e. The molecule has 1 aromatic carbocycles. The van der Waals surface area contributed by atoms with E-state index in [9.17, 15) is 4.79 Å². The molecule has 0 aliphatic heterocycles. The topological polar surface area (TPSA) is 26.3 Å². The third-order valence-electron chi connectivity index (χ3n) is 2.38. The summed E-state index contributed by atoms with van der Waals surface area (Å²) < 4.78 is 6.19. The predicted octanol–water partition coefficient (Wildman–Crippen LogP) is 3.26. The Balaban J connectivity index is 2.60. The van der Waals surface area contributed by atoms with Crippen LogP contribution in [0.4, 0.5) is 0 Å². The lowest BCUT2D eigenvalue weighted by molar-refractivity contribution is -0.147. The first kappa shape index (κ1) is 13.8. The Labute approximate surface area is 110 Å². The monoisotopic (exact) mass is 294 g/mol. The molecular formula is C14H15BrO2. The summed E-state index contributed by atoms with van der Waals surface area (Å²) in [5.41, 5.74) is 2.05. The third kappa shape index (κ3) is 4.62. The van der Waals surface area contributed by atoms with Crippen molar-refractivity contribution in [3.05, 3.63) is 33.8 Å². The van der Waals surface area contributed by atoms with E-state index >= 15 is 0 Å². The Morgan fingerprint density at radius 2 is 2.29 bits per heavy atom. The van der Waals surface area contributed by atoms with Gasteiger partial charge in [-0.15, -0.1) is 12.3 Å². The normalized spacial score (nSPS) is 11.6. The van der Waals surface area contributed by atoms with Crippen molar-refractivity contribution in [2.24, 2.45) is 0 Å². The molecule has 90 valence electrons. The fraction of sp³-hybridized carbons (Fsp3) is 0.357. The van der Waals surface area contributed by atoms with Crippen LogP contribution in [0.5, 0.6) is 0 Å². The molecule has 0 amide bonds. The van der Waals surface area contributed by atoms with Gasteiger partial charge in [0.15, 0.2) is 0 Å². The van der Waals surface area contributed by atoms with Crippen LogP contribution in [0.3, 0.4) is 0 Å². The van der Waals surface area contributed by atoms with Crippen LogP contribution in [0.15, 0.2) is 22.7 Å². The zero-order valence-electron chi connectivity index (χ0n) is 10.00. The van der Waals surface area contributed by atoms with Gasteiger partial charge < -0.3 is 4.74 Å². The van der Waals surface area contributed by atoms with Gasteiger partial charge in [-0.3, -0.25) is 4.79 Å². The molecule has 1 atom stereocenters. The molecule has 0 aliphatic rings. The van der Waals surface area contributed by atoms with Crippen LogP contribution in [-0.2, 0) is 16.0 Å². The first-order valence-corrected chi connectivity index (χ1v) is 6.20. The van der Waals surface area contributed by atoms with Crippen molar-refractivity contribution in [2.75, 3.05) is 0 Å². The van der Waals surface area contributed by atoms with E-state index in [0.717, 1.165) is 15.6 Å². The molecule has 0 spiro atoms. The van der Waals surface area contributed by atoms with E-state index in [1.165, 1.54) is 0 Å². The van der Waals surface area contributed by atoms with E-state index in [4.69, 9.17) is 11.2 Å². The van der Waals surface area contributed by atoms with Crippen LogP contribution >= 0.6 is 15.9 Å². The summed E-state index contributed by atoms with van der Waals surface area (Å²) in [6.07, 6.45) is 5.67. The number of aryl methyl sites for hydroxylation is 1. The Morgan fingerprint density at radius 1 is 1.59 bits per heavy atom. The highest BCUT2D eigenvalue weighted by Gasteiger charge is 2.10. The molecule has 0 fully saturated rings. The molecule has 2 nitrogen and oxygen atoms in total. The van der Waals surface area contributed by atoms with E-state index in [-0.39, 0.29) is 18.5 Å². The maximum absolute atomic E-state index is 11.6. The van der Waals surface area contributed by atoms with Crippen LogP contribution in [-0.4, -0.2) is 12.1 Å². The van der Waals surface area contributed by atoms with Gasteiger partial charge in [-0.25, -0.2) is 0 Å². The molecule has 0 aromatic heterocycles. The summed E-state index contributed by atoms with van der Waals surface area (Å²) in [7, 11) is 0. The fourth-order valence-corrected chi connectivity index (χ4v) is 1.96. The minimum absolute atomic E-state index is 0.219. The Kier molecular flexibility index (Phi) is 5.24. The Morgan fingerprint density at radius 3 is 2.88 bits per heavy atom. The lowest BCUT2D eigenvalue weighted by Crippen LogP contribution is -2.16. The number of carbonyl (C=O) groups is 1. The van der Waals surface area contributed by atoms with Gasteiger partial charge in [-0.1, -0.05) is 22.0 Å². The number of rotatable bonds is 4. The smallest absolute Gasteiger partial charge is 0.310 e. The van der Waals surface area contributed by atoms with Gasteiger partial charge >= 0.3 is 5.97 Å². The Hall–Kier alpha value is -1.27. The second kappa shape index (κ2) is 6.46. The van der Waals surface area contributed by atoms with Crippen LogP contribution in [0, 0.1) is 19.3 Å². The summed E-state index contributed by atoms with van der Waals surface area (Å²) in [6.45, 7) is 3.77. The molecule has 0 heterocycles. The lowest BCUT2D eigenvalue weighted by Gasteiger charge is -2.11. The highest BCUT2D eigenvalue weighted by atomic mass is 79.9. The summed E-state index contributed by atoms with van der Waals surface area (Å²) in [4.78, 5) is 11.6. The minimum atomic E-state index is -0.238. The van der Waals surface area contributed by atoms with Crippen molar-refractivity contribution in [1.82, 2.24) is 0 Å². The average molecular weight is 295 g/mol. The van der Waals surface area contributed by atoms with Gasteiger partial charge in [-0.2, -0.15) is 0 Å². The third-order valence-corrected chi connectivity index (χ3v) is 2.87. The van der Waals surface area contributed by atoms with Crippen molar-refractivity contribution < 1.29 is 9.53 Å². The van der Waals surface area contributed by atoms with Gasteiger partial charge in [0.1, 0.15) is 6.10 Å². The van der Waals surface area contributed by atoms with Crippen molar-refractivity contribution in [2.45, 2.75) is 32.8 Å². The van der Waals surface area contributed by atoms with E-state index < -0.39 is 0 Å². The van der Waals surface area contributed by atoms with Gasteiger partial charge in [0.05, 0.1) is 6.42 Å². The van der Waals surface area contributed by atoms with E-state index in [0.29, 0.717) is 6.42 Å². The fourth-order valence-electron chi connectivity index (χ4n) is 1.49. The molecule has 3 heteroatoms. The quantitative estimate of drug-likeness (QED) is 0.629. The summed E-state index contributed by atoms with van der Waals surface area (Å²) >= 11 is 3.38. The number of esters is 1. The number of benzene rings is 1. The number of halogens is 1. The first-order valence-electron chi connectivity index (χ1n) is 5.41. The van der Waals surface area contributed by atoms with Gasteiger partial charge in [0.2, 0.25) is 0 Å². The van der Waals surface area contributed by atoms with Gasteiger partial charge in [0.25, 0.3) is 0 Å². The summed E-state index contributed by atoms with van der Waals surface area (Å²) in [5.74, 6) is 2.23. The molecule has 0 bridgehead atoms. The van der Waals surface area contributed by atoms with E-state index in [1.54, 1.807) is 6.92 Å². The zero-order valence-corrected chi connectivity index (χ0v) is 11.6. The molecule has 1 aromatic rings. The number of carbonyl (C=O) groups excluding carboxylic acids is 1. The lowest BCUT2D eigenvalue weighted by atomic mass is 10.1. The molecule has 1 rings (SSSR count). The van der Waals surface area contributed by atoms with Gasteiger partial charge in [-0.05, 0) is 37.1 Å². The highest BCUT2D eigenvalue weighted by molar-refractivity contribution is 9.10. The summed E-state index contributed by atoms with van der Waals surface area (Å²) in [5, 5.41) is 0. The van der Waals surface area contributed by atoms with Crippen LogP contribution in [0.1, 0.15) is 24.5 Å². The second-order valence-corrected chi connectivity index (χ2v) is 4.87. The molecular weight excluding hydrogens is 280 g/mol. The number of hydrogen-bond acceptors (Lipinski definition) is 2. The van der Waals surface area contributed by atoms with Crippen molar-refractivity contribution in [3.8, 4) is 12.3 Å². The molecule has 0 N–H and O–H groups in total. The number of terminal acetylenes is 1. The predicted molar refractivity (Wildman–Crippen MR) is 71.6 cm³/mol. The average Bonchev–Trinajstić information content (AvgIpc) is 2.22. The van der Waals surface area contributed by atoms with Crippen LogP contribution in [0.25, 0.3) is 0 Å². The summed E-state index contributed by atoms with van der Waals surface area (Å²) in [6, 6.07) is 5.82. The number of hydrogen-bond donors (Lipinski definition) is 0. The SMILES string of the molecule is C#CC[C@H](C)OC(=O)Cc1ccc(Br)cc1C. The van der Waals surface area contributed by atoms with E-state index in [2.05, 4.69) is 21.9 Å². The van der Waals surface area contributed by atoms with Crippen molar-refractivity contribution in [3.63, 3.8) is 0 Å². The maximum atomic E-state index is 11.6. The van der Waals surface area contributed by atoms with Crippen molar-refractivity contribution in [1.29, 1.82) is 0 Å². The van der Waals surface area contributed by atoms with Gasteiger partial charge in [0, 0.05) is 10.9 Å². The molecule has 17 heavy (non-hydrogen) atoms. The first-order chi connectivity index (χ1) is 8.02. The molecule has 0 unspecified atom stereocenters. The molecule has 0 saturated carbocycles. The molecule has 0 saturated heterocycles. The highest BCUT2D eigenvalue weighted by Crippen LogP contribution is 2.16. The second-order valence-electron chi connectivity index (χ2n) is 3.96. The Bertz CT molecular complexity index is 446.